The smallest absolute Gasteiger partial charge is 0.255 e. The third kappa shape index (κ3) is 4.35. The van der Waals surface area contributed by atoms with Gasteiger partial charge in [-0.2, -0.15) is 5.10 Å². The number of amides is 1. The Hall–Kier alpha value is -1.70. The molecule has 0 fully saturated rings. The van der Waals surface area contributed by atoms with Gasteiger partial charge in [-0.3, -0.25) is 9.48 Å². The molecule has 6 nitrogen and oxygen atoms in total. The number of carbonyl (C=O) groups is 1. The number of aliphatic hydroxyl groups is 1. The molecule has 1 aromatic heterocycles. The van der Waals surface area contributed by atoms with E-state index in [0.717, 1.165) is 4.90 Å². The third-order valence-corrected chi connectivity index (χ3v) is 2.04. The van der Waals surface area contributed by atoms with E-state index in [1.165, 1.54) is 16.9 Å². The highest BCUT2D eigenvalue weighted by Gasteiger charge is 2.18. The van der Waals surface area contributed by atoms with Gasteiger partial charge in [0.05, 0.1) is 13.2 Å². The molecule has 96 valence electrons. The van der Waals surface area contributed by atoms with E-state index in [1.54, 1.807) is 0 Å². The fourth-order valence-electron chi connectivity index (χ4n) is 1.31. The Bertz CT molecular complexity index is 370. The van der Waals surface area contributed by atoms with Gasteiger partial charge >= 0.3 is 0 Å². The summed E-state index contributed by atoms with van der Waals surface area (Å²) in [5.41, 5.74) is 5.35. The van der Waals surface area contributed by atoms with Crippen LogP contribution in [0.2, 0.25) is 0 Å². The minimum absolute atomic E-state index is 0.125. The average molecular weight is 248 g/mol. The summed E-state index contributed by atoms with van der Waals surface area (Å²) < 4.78 is 25.6. The molecule has 0 atom stereocenters. The first-order valence-corrected chi connectivity index (χ1v) is 4.98. The lowest BCUT2D eigenvalue weighted by molar-refractivity contribution is -0.134. The van der Waals surface area contributed by atoms with Crippen molar-refractivity contribution in [1.29, 1.82) is 0 Å². The zero-order valence-electron chi connectivity index (χ0n) is 9.09. The van der Waals surface area contributed by atoms with Gasteiger partial charge in [0.25, 0.3) is 6.43 Å². The summed E-state index contributed by atoms with van der Waals surface area (Å²) in [6, 6.07) is 1.50. The zero-order chi connectivity index (χ0) is 12.8. The number of anilines is 1. The van der Waals surface area contributed by atoms with Gasteiger partial charge in [0.2, 0.25) is 5.91 Å². The molecule has 0 spiro atoms. The maximum atomic E-state index is 12.2. The first kappa shape index (κ1) is 13.4. The predicted molar refractivity (Wildman–Crippen MR) is 56.3 cm³/mol. The van der Waals surface area contributed by atoms with Crippen LogP contribution in [0.4, 0.5) is 14.6 Å². The molecular formula is C9H14F2N4O2. The van der Waals surface area contributed by atoms with E-state index in [0.29, 0.717) is 0 Å². The van der Waals surface area contributed by atoms with Crippen LogP contribution in [0.3, 0.4) is 0 Å². The highest BCUT2D eigenvalue weighted by atomic mass is 19.3. The van der Waals surface area contributed by atoms with Gasteiger partial charge < -0.3 is 15.7 Å². The van der Waals surface area contributed by atoms with Crippen molar-refractivity contribution in [2.24, 2.45) is 0 Å². The number of aliphatic hydroxyl groups excluding tert-OH is 1. The number of rotatable bonds is 6. The number of hydrogen-bond donors (Lipinski definition) is 2. The minimum atomic E-state index is -2.63. The van der Waals surface area contributed by atoms with Crippen molar-refractivity contribution in [2.75, 3.05) is 25.4 Å². The number of carbonyl (C=O) groups excluding carboxylic acids is 1. The standard InChI is InChI=1S/C9H14F2N4O2/c10-7(11)5-14(3-4-16)9(17)6-15-2-1-8(12)13-15/h1-2,7,16H,3-6H2,(H2,12,13). The van der Waals surface area contributed by atoms with Crippen molar-refractivity contribution in [2.45, 2.75) is 13.0 Å². The monoisotopic (exact) mass is 248 g/mol. The van der Waals surface area contributed by atoms with E-state index in [2.05, 4.69) is 5.10 Å². The van der Waals surface area contributed by atoms with E-state index < -0.39 is 18.9 Å². The van der Waals surface area contributed by atoms with Crippen molar-refractivity contribution in [3.63, 3.8) is 0 Å². The third-order valence-electron chi connectivity index (χ3n) is 2.04. The topological polar surface area (TPSA) is 84.4 Å². The summed E-state index contributed by atoms with van der Waals surface area (Å²) in [4.78, 5) is 12.5. The largest absolute Gasteiger partial charge is 0.395 e. The molecule has 0 radical (unpaired) electrons. The Kier molecular flexibility index (Phi) is 4.83. The zero-order valence-corrected chi connectivity index (χ0v) is 9.09. The molecule has 1 amide bonds. The molecule has 1 aromatic rings. The summed E-state index contributed by atoms with van der Waals surface area (Å²) >= 11 is 0. The number of halogens is 2. The molecule has 3 N–H and O–H groups in total. The van der Waals surface area contributed by atoms with Crippen molar-refractivity contribution in [3.8, 4) is 0 Å². The lowest BCUT2D eigenvalue weighted by atomic mass is 10.4. The molecule has 0 aliphatic heterocycles. The van der Waals surface area contributed by atoms with E-state index in [1.807, 2.05) is 0 Å². The Morgan fingerprint density at radius 2 is 2.35 bits per heavy atom. The Labute approximate surface area is 96.6 Å². The van der Waals surface area contributed by atoms with Gasteiger partial charge in [0.1, 0.15) is 12.4 Å². The van der Waals surface area contributed by atoms with Crippen molar-refractivity contribution in [3.05, 3.63) is 12.3 Å². The van der Waals surface area contributed by atoms with Gasteiger partial charge in [0, 0.05) is 12.7 Å². The van der Waals surface area contributed by atoms with E-state index in [-0.39, 0.29) is 25.5 Å². The maximum Gasteiger partial charge on any atom is 0.255 e. The van der Waals surface area contributed by atoms with Gasteiger partial charge in [-0.25, -0.2) is 8.78 Å². The first-order valence-electron chi connectivity index (χ1n) is 4.98. The average Bonchev–Trinajstić information content (AvgIpc) is 2.62. The maximum absolute atomic E-state index is 12.2. The molecule has 8 heteroatoms. The lowest BCUT2D eigenvalue weighted by Gasteiger charge is -2.21. The number of aromatic nitrogens is 2. The van der Waals surface area contributed by atoms with Crippen LogP contribution in [0, 0.1) is 0 Å². The molecule has 0 saturated heterocycles. The Morgan fingerprint density at radius 1 is 1.65 bits per heavy atom. The summed E-state index contributed by atoms with van der Waals surface area (Å²) in [7, 11) is 0. The molecule has 0 bridgehead atoms. The van der Waals surface area contributed by atoms with Gasteiger partial charge in [-0.15, -0.1) is 0 Å². The first-order chi connectivity index (χ1) is 8.02. The van der Waals surface area contributed by atoms with Gasteiger partial charge in [0.15, 0.2) is 0 Å². The SMILES string of the molecule is Nc1ccn(CC(=O)N(CCO)CC(F)F)n1. The molecule has 17 heavy (non-hydrogen) atoms. The van der Waals surface area contributed by atoms with E-state index >= 15 is 0 Å². The number of nitrogens with two attached hydrogens (primary N) is 1. The molecule has 0 aromatic carbocycles. The minimum Gasteiger partial charge on any atom is -0.395 e. The molecule has 0 saturated carbocycles. The van der Waals surface area contributed by atoms with Crippen LogP contribution in [0.1, 0.15) is 0 Å². The van der Waals surface area contributed by atoms with Crippen molar-refractivity contribution >= 4 is 11.7 Å². The summed E-state index contributed by atoms with van der Waals surface area (Å²) in [5.74, 6) is -0.289. The molecule has 0 aliphatic rings. The summed E-state index contributed by atoms with van der Waals surface area (Å²) in [6.07, 6.45) is -1.15. The second kappa shape index (κ2) is 6.14. The number of hydrogen-bond acceptors (Lipinski definition) is 4. The fourth-order valence-corrected chi connectivity index (χ4v) is 1.31. The Balaban J connectivity index is 2.58. The Morgan fingerprint density at radius 3 is 2.82 bits per heavy atom. The second-order valence-electron chi connectivity index (χ2n) is 3.39. The second-order valence-corrected chi connectivity index (χ2v) is 3.39. The summed E-state index contributed by atoms with van der Waals surface area (Å²) in [6.45, 7) is -1.36. The molecule has 0 unspecified atom stereocenters. The molecule has 0 aliphatic carbocycles. The quantitative estimate of drug-likeness (QED) is 0.714. The number of nitrogen functional groups attached to an aromatic ring is 1. The van der Waals surface area contributed by atoms with Crippen LogP contribution in [-0.2, 0) is 11.3 Å². The van der Waals surface area contributed by atoms with Crippen LogP contribution >= 0.6 is 0 Å². The van der Waals surface area contributed by atoms with E-state index in [9.17, 15) is 13.6 Å². The lowest BCUT2D eigenvalue weighted by Crippen LogP contribution is -2.39. The highest BCUT2D eigenvalue weighted by Crippen LogP contribution is 2.02. The fraction of sp³-hybridized carbons (Fsp3) is 0.556. The number of nitrogens with zero attached hydrogens (tertiary/aromatic N) is 3. The van der Waals surface area contributed by atoms with Crippen molar-refractivity contribution < 1.29 is 18.7 Å². The molecular weight excluding hydrogens is 234 g/mol. The van der Waals surface area contributed by atoms with Crippen LogP contribution < -0.4 is 5.73 Å². The van der Waals surface area contributed by atoms with E-state index in [4.69, 9.17) is 10.8 Å². The van der Waals surface area contributed by atoms with Crippen molar-refractivity contribution in [1.82, 2.24) is 14.7 Å². The predicted octanol–water partition coefficient (Wildman–Crippen LogP) is -0.449. The van der Waals surface area contributed by atoms with Crippen LogP contribution in [0.15, 0.2) is 12.3 Å². The van der Waals surface area contributed by atoms with Crippen LogP contribution in [0.5, 0.6) is 0 Å². The molecule has 1 heterocycles. The van der Waals surface area contributed by atoms with Crippen LogP contribution in [-0.4, -0.2) is 51.8 Å². The molecule has 1 rings (SSSR count). The van der Waals surface area contributed by atoms with Gasteiger partial charge in [-0.1, -0.05) is 0 Å². The normalized spacial score (nSPS) is 10.8. The van der Waals surface area contributed by atoms with Crippen LogP contribution in [0.25, 0.3) is 0 Å². The summed E-state index contributed by atoms with van der Waals surface area (Å²) in [5, 5.41) is 12.5. The number of alkyl halides is 2. The highest BCUT2D eigenvalue weighted by molar-refractivity contribution is 5.76. The van der Waals surface area contributed by atoms with Gasteiger partial charge in [-0.05, 0) is 6.07 Å².